The lowest BCUT2D eigenvalue weighted by molar-refractivity contribution is -0.147. The van der Waals surface area contributed by atoms with Crippen LogP contribution in [0.1, 0.15) is 28.2 Å². The number of ether oxygens (including phenoxy) is 12. The summed E-state index contributed by atoms with van der Waals surface area (Å²) < 4.78 is 69.4. The number of rotatable bonds is 8. The molecule has 15 nitrogen and oxygen atoms in total. The second-order valence-corrected chi connectivity index (χ2v) is 15.7. The van der Waals surface area contributed by atoms with Gasteiger partial charge in [-0.3, -0.25) is 0 Å². The summed E-state index contributed by atoms with van der Waals surface area (Å²) in [4.78, 5) is 27.2. The van der Waals surface area contributed by atoms with Gasteiger partial charge in [-0.15, -0.1) is 0 Å². The Labute approximate surface area is 397 Å². The highest BCUT2D eigenvalue weighted by molar-refractivity contribution is 5.82. The summed E-state index contributed by atoms with van der Waals surface area (Å²) in [6, 6.07) is 37.4. The first-order valence-electron chi connectivity index (χ1n) is 23.1. The quantitative estimate of drug-likeness (QED) is 0.156. The Balaban J connectivity index is 0.913. The number of carbonyl (C=O) groups excluding carboxylic acids is 2. The van der Waals surface area contributed by atoms with Crippen molar-refractivity contribution in [2.24, 2.45) is 0 Å². The number of benzene rings is 5. The zero-order valence-electron chi connectivity index (χ0n) is 38.4. The molecule has 0 spiro atoms. The van der Waals surface area contributed by atoms with Crippen LogP contribution in [0.25, 0.3) is 11.1 Å². The standard InChI is InChI=1S/C53H61NO14/c55-52(51(35-40-9-2-1-3-10-40)54-53(56)68-39-50-48-15-6-4-13-46(48)47-14-5-7-16-49(47)50)67-38-41-33-44-37-45(34-41)66-32-28-62-24-20-58-18-22-60-26-30-64-43-12-8-11-42(36-43)63-29-25-59-21-17-57-19-23-61-27-31-65-44/h1-16,33-34,36-37,50-51H,17-32,35,38-39H2,(H,54,56)/t51-/m0/s1. The summed E-state index contributed by atoms with van der Waals surface area (Å²) in [7, 11) is 0. The van der Waals surface area contributed by atoms with E-state index in [1.165, 1.54) is 0 Å². The van der Waals surface area contributed by atoms with Gasteiger partial charge in [0.1, 0.15) is 68.7 Å². The van der Waals surface area contributed by atoms with Crippen LogP contribution in [0.2, 0.25) is 0 Å². The highest BCUT2D eigenvalue weighted by atomic mass is 16.6. The second-order valence-electron chi connectivity index (χ2n) is 15.7. The fourth-order valence-electron chi connectivity index (χ4n) is 7.57. The van der Waals surface area contributed by atoms with Crippen LogP contribution in [-0.2, 0) is 55.7 Å². The molecule has 0 unspecified atom stereocenters. The fraction of sp³-hybridized carbons (Fsp3) is 0.396. The normalized spacial score (nSPS) is 16.8. The molecule has 2 aliphatic rings. The van der Waals surface area contributed by atoms with Gasteiger partial charge in [0.05, 0.1) is 79.3 Å². The van der Waals surface area contributed by atoms with E-state index in [0.717, 1.165) is 27.8 Å². The SMILES string of the molecule is O=C(N[C@@H](Cc1ccccc1)C(=O)OCc1cc2cc(c1)OCCOCCOCCOCCOc1cccc(c1)OCCOCCOCCOCCO2)OCC1c2ccccc2-c2ccccc21. The maximum absolute atomic E-state index is 13.8. The molecule has 0 aromatic heterocycles. The van der Waals surface area contributed by atoms with E-state index in [0.29, 0.717) is 121 Å². The van der Waals surface area contributed by atoms with Crippen LogP contribution in [0.4, 0.5) is 4.79 Å². The lowest BCUT2D eigenvalue weighted by atomic mass is 9.98. The molecule has 0 saturated heterocycles. The van der Waals surface area contributed by atoms with E-state index in [2.05, 4.69) is 29.6 Å². The third-order valence-corrected chi connectivity index (χ3v) is 10.8. The van der Waals surface area contributed by atoms with Crippen LogP contribution in [0.5, 0.6) is 23.0 Å². The van der Waals surface area contributed by atoms with Gasteiger partial charge < -0.3 is 62.2 Å². The Morgan fingerprint density at radius 1 is 0.456 bits per heavy atom. The van der Waals surface area contributed by atoms with Gasteiger partial charge in [-0.2, -0.15) is 0 Å². The van der Waals surface area contributed by atoms with Crippen molar-refractivity contribution in [2.75, 3.05) is 112 Å². The number of nitrogens with one attached hydrogen (secondary N) is 1. The van der Waals surface area contributed by atoms with Crippen molar-refractivity contribution in [3.05, 3.63) is 144 Å². The highest BCUT2D eigenvalue weighted by Gasteiger charge is 2.30. The summed E-state index contributed by atoms with van der Waals surface area (Å²) in [6.45, 7) is 5.93. The second kappa shape index (κ2) is 28.2. The van der Waals surface area contributed by atoms with E-state index < -0.39 is 18.1 Å². The van der Waals surface area contributed by atoms with Gasteiger partial charge in [-0.1, -0.05) is 84.9 Å². The predicted octanol–water partition coefficient (Wildman–Crippen LogP) is 7.21. The van der Waals surface area contributed by atoms with E-state index in [9.17, 15) is 9.59 Å². The molecule has 1 heterocycles. The van der Waals surface area contributed by atoms with E-state index in [-0.39, 0.29) is 38.8 Å². The van der Waals surface area contributed by atoms with Crippen molar-refractivity contribution in [3.63, 3.8) is 0 Å². The highest BCUT2D eigenvalue weighted by Crippen LogP contribution is 2.44. The lowest BCUT2D eigenvalue weighted by Crippen LogP contribution is -2.43. The van der Waals surface area contributed by atoms with Crippen molar-refractivity contribution in [3.8, 4) is 34.1 Å². The minimum Gasteiger partial charge on any atom is -0.491 e. The minimum atomic E-state index is -1.03. The number of fused-ring (bicyclic) bond motifs is 7. The van der Waals surface area contributed by atoms with Crippen molar-refractivity contribution in [1.29, 1.82) is 0 Å². The maximum Gasteiger partial charge on any atom is 0.407 e. The molecule has 4 bridgehead atoms. The first kappa shape index (κ1) is 49.7. The first-order valence-corrected chi connectivity index (χ1v) is 23.1. The van der Waals surface area contributed by atoms with Crippen LogP contribution in [-0.4, -0.2) is 130 Å². The molecule has 1 aliphatic carbocycles. The van der Waals surface area contributed by atoms with Crippen LogP contribution in [0, 0.1) is 0 Å². The van der Waals surface area contributed by atoms with Crippen molar-refractivity contribution in [2.45, 2.75) is 25.0 Å². The Hall–Kier alpha value is -6.20. The van der Waals surface area contributed by atoms with E-state index in [4.69, 9.17) is 56.8 Å². The average Bonchev–Trinajstić information content (AvgIpc) is 3.68. The van der Waals surface area contributed by atoms with Crippen LogP contribution in [0.3, 0.4) is 0 Å². The van der Waals surface area contributed by atoms with Gasteiger partial charge in [0.25, 0.3) is 0 Å². The Bertz CT molecular complexity index is 2170. The summed E-state index contributed by atoms with van der Waals surface area (Å²) >= 11 is 0. The van der Waals surface area contributed by atoms with Crippen LogP contribution < -0.4 is 24.3 Å². The summed E-state index contributed by atoms with van der Waals surface area (Å²) in [6.07, 6.45) is -0.523. The van der Waals surface area contributed by atoms with Gasteiger partial charge >= 0.3 is 12.1 Å². The molecule has 0 fully saturated rings. The average molecular weight is 936 g/mol. The molecule has 1 aliphatic heterocycles. The Kier molecular flexibility index (Phi) is 20.6. The smallest absolute Gasteiger partial charge is 0.407 e. The molecule has 1 N–H and O–H groups in total. The van der Waals surface area contributed by atoms with Crippen LogP contribution in [0.15, 0.2) is 121 Å². The molecule has 0 radical (unpaired) electrons. The van der Waals surface area contributed by atoms with Crippen molar-refractivity contribution in [1.82, 2.24) is 5.32 Å². The molecule has 15 heteroatoms. The fourth-order valence-corrected chi connectivity index (χ4v) is 7.57. The monoisotopic (exact) mass is 935 g/mol. The summed E-state index contributed by atoms with van der Waals surface area (Å²) in [5.74, 6) is 1.62. The topological polar surface area (TPSA) is 157 Å². The van der Waals surface area contributed by atoms with Gasteiger partial charge in [-0.25, -0.2) is 9.59 Å². The van der Waals surface area contributed by atoms with Crippen molar-refractivity contribution < 1.29 is 66.4 Å². The largest absolute Gasteiger partial charge is 0.491 e. The molecular weight excluding hydrogens is 875 g/mol. The zero-order chi connectivity index (χ0) is 46.9. The van der Waals surface area contributed by atoms with Gasteiger partial charge in [0.15, 0.2) is 0 Å². The number of hydrogen-bond donors (Lipinski definition) is 1. The summed E-state index contributed by atoms with van der Waals surface area (Å²) in [5.41, 5.74) is 5.88. The Morgan fingerprint density at radius 3 is 1.38 bits per heavy atom. The number of esters is 1. The number of amides is 1. The zero-order valence-corrected chi connectivity index (χ0v) is 38.4. The molecule has 5 aromatic carbocycles. The van der Waals surface area contributed by atoms with Crippen LogP contribution >= 0.6 is 0 Å². The van der Waals surface area contributed by atoms with E-state index in [1.807, 2.05) is 78.9 Å². The molecule has 1 atom stereocenters. The molecule has 68 heavy (non-hydrogen) atoms. The third-order valence-electron chi connectivity index (χ3n) is 10.8. The summed E-state index contributed by atoms with van der Waals surface area (Å²) in [5, 5.41) is 2.78. The molecule has 5 aromatic rings. The molecule has 1 amide bonds. The number of hydrogen-bond acceptors (Lipinski definition) is 14. The van der Waals surface area contributed by atoms with Gasteiger partial charge in [-0.05, 0) is 57.6 Å². The third kappa shape index (κ3) is 16.5. The maximum atomic E-state index is 13.8. The number of alkyl carbamates (subject to hydrolysis) is 1. The predicted molar refractivity (Wildman–Crippen MR) is 252 cm³/mol. The van der Waals surface area contributed by atoms with Gasteiger partial charge in [0, 0.05) is 24.5 Å². The molecule has 0 saturated carbocycles. The lowest BCUT2D eigenvalue weighted by Gasteiger charge is -2.20. The minimum absolute atomic E-state index is 0.106. The van der Waals surface area contributed by atoms with E-state index in [1.54, 1.807) is 18.2 Å². The van der Waals surface area contributed by atoms with E-state index >= 15 is 0 Å². The number of carbonyl (C=O) groups is 2. The molecule has 7 rings (SSSR count). The molecule has 362 valence electrons. The van der Waals surface area contributed by atoms with Gasteiger partial charge in [0.2, 0.25) is 0 Å². The van der Waals surface area contributed by atoms with Crippen molar-refractivity contribution >= 4 is 12.1 Å². The molecular formula is C53H61NO14. The first-order chi connectivity index (χ1) is 33.6. The Morgan fingerprint density at radius 2 is 0.882 bits per heavy atom.